The van der Waals surface area contributed by atoms with E-state index in [1.807, 2.05) is 0 Å². The Hall–Kier alpha value is -3.82. The molecule has 10 nitrogen and oxygen atoms in total. The van der Waals surface area contributed by atoms with Crippen LogP contribution in [0.5, 0.6) is 5.75 Å². The first-order valence-electron chi connectivity index (χ1n) is 7.84. The number of hydrogen-bond donors (Lipinski definition) is 1. The van der Waals surface area contributed by atoms with Gasteiger partial charge in [-0.1, -0.05) is 0 Å². The molecule has 1 aromatic heterocycles. The van der Waals surface area contributed by atoms with Gasteiger partial charge in [0.1, 0.15) is 0 Å². The predicted octanol–water partition coefficient (Wildman–Crippen LogP) is 1.56. The van der Waals surface area contributed by atoms with Crippen molar-refractivity contribution >= 4 is 34.9 Å². The monoisotopic (exact) mass is 370 g/mol. The van der Waals surface area contributed by atoms with Gasteiger partial charge in [-0.2, -0.15) is 0 Å². The SMILES string of the molecule is CC(=O)Nc1ccc(C(=O)CN2C(=O)COc3ccc([N+](=O)[O-])nc32)cc1. The zero-order valence-corrected chi connectivity index (χ0v) is 14.2. The third kappa shape index (κ3) is 3.89. The molecule has 2 aromatic rings. The second-order valence-corrected chi connectivity index (χ2v) is 5.70. The Morgan fingerprint density at radius 3 is 2.59 bits per heavy atom. The average Bonchev–Trinajstić information content (AvgIpc) is 2.63. The van der Waals surface area contributed by atoms with Crippen LogP contribution < -0.4 is 15.0 Å². The van der Waals surface area contributed by atoms with Gasteiger partial charge >= 0.3 is 5.82 Å². The Morgan fingerprint density at radius 1 is 1.26 bits per heavy atom. The number of nitrogens with one attached hydrogen (secondary N) is 1. The van der Waals surface area contributed by atoms with Crippen LogP contribution in [0.2, 0.25) is 0 Å². The van der Waals surface area contributed by atoms with Gasteiger partial charge in [0.25, 0.3) is 11.7 Å². The quantitative estimate of drug-likeness (QED) is 0.480. The van der Waals surface area contributed by atoms with Crippen molar-refractivity contribution in [2.24, 2.45) is 0 Å². The maximum Gasteiger partial charge on any atom is 0.366 e. The Kier molecular flexibility index (Phi) is 4.79. The number of nitro groups is 1. The van der Waals surface area contributed by atoms with Crippen molar-refractivity contribution in [1.82, 2.24) is 4.98 Å². The molecule has 1 aromatic carbocycles. The molecule has 0 radical (unpaired) electrons. The molecule has 2 heterocycles. The molecule has 10 heteroatoms. The van der Waals surface area contributed by atoms with Crippen LogP contribution in [0.3, 0.4) is 0 Å². The fourth-order valence-corrected chi connectivity index (χ4v) is 2.51. The standard InChI is InChI=1S/C17H14N4O6/c1-10(22)18-12-4-2-11(3-5-12)13(23)8-20-16(24)9-27-14-6-7-15(21(25)26)19-17(14)20/h2-7H,8-9H2,1H3,(H,18,22). The van der Waals surface area contributed by atoms with Gasteiger partial charge in [-0.3, -0.25) is 19.3 Å². The maximum absolute atomic E-state index is 12.5. The van der Waals surface area contributed by atoms with E-state index in [2.05, 4.69) is 10.3 Å². The molecule has 27 heavy (non-hydrogen) atoms. The molecule has 138 valence electrons. The molecule has 0 saturated heterocycles. The molecule has 0 unspecified atom stereocenters. The zero-order valence-electron chi connectivity index (χ0n) is 14.2. The highest BCUT2D eigenvalue weighted by Gasteiger charge is 2.33. The average molecular weight is 370 g/mol. The first-order chi connectivity index (χ1) is 12.8. The van der Waals surface area contributed by atoms with Gasteiger partial charge < -0.3 is 20.2 Å². The van der Waals surface area contributed by atoms with Crippen LogP contribution in [0.15, 0.2) is 36.4 Å². The summed E-state index contributed by atoms with van der Waals surface area (Å²) in [5.74, 6) is -1.49. The largest absolute Gasteiger partial charge is 0.477 e. The molecule has 3 rings (SSSR count). The molecule has 0 spiro atoms. The summed E-state index contributed by atoms with van der Waals surface area (Å²) in [4.78, 5) is 50.9. The highest BCUT2D eigenvalue weighted by atomic mass is 16.6. The van der Waals surface area contributed by atoms with Gasteiger partial charge in [0.15, 0.2) is 18.1 Å². The summed E-state index contributed by atoms with van der Waals surface area (Å²) < 4.78 is 5.21. The van der Waals surface area contributed by atoms with Crippen molar-refractivity contribution in [3.63, 3.8) is 0 Å². The summed E-state index contributed by atoms with van der Waals surface area (Å²) >= 11 is 0. The number of fused-ring (bicyclic) bond motifs is 1. The summed E-state index contributed by atoms with van der Waals surface area (Å²) in [6.07, 6.45) is 0. The molecule has 1 N–H and O–H groups in total. The molecule has 1 aliphatic rings. The van der Waals surface area contributed by atoms with E-state index in [9.17, 15) is 24.5 Å². The number of carbonyl (C=O) groups excluding carboxylic acids is 3. The Bertz CT molecular complexity index is 941. The number of ether oxygens (including phenoxy) is 1. The number of pyridine rings is 1. The van der Waals surface area contributed by atoms with Gasteiger partial charge in [0.2, 0.25) is 5.91 Å². The van der Waals surface area contributed by atoms with Crippen LogP contribution in [0.4, 0.5) is 17.3 Å². The minimum Gasteiger partial charge on any atom is -0.477 e. The maximum atomic E-state index is 12.5. The van der Waals surface area contributed by atoms with Crippen LogP contribution >= 0.6 is 0 Å². The van der Waals surface area contributed by atoms with Crippen LogP contribution in [-0.2, 0) is 9.59 Å². The van der Waals surface area contributed by atoms with Gasteiger partial charge in [-0.25, -0.2) is 0 Å². The molecular weight excluding hydrogens is 356 g/mol. The summed E-state index contributed by atoms with van der Waals surface area (Å²) in [5.41, 5.74) is 0.847. The normalized spacial score (nSPS) is 12.8. The second kappa shape index (κ2) is 7.20. The highest BCUT2D eigenvalue weighted by molar-refractivity contribution is 6.07. The molecule has 1 aliphatic heterocycles. The van der Waals surface area contributed by atoms with Crippen molar-refractivity contribution in [3.05, 3.63) is 52.1 Å². The minimum atomic E-state index is -0.694. The lowest BCUT2D eigenvalue weighted by Gasteiger charge is -2.24. The summed E-state index contributed by atoms with van der Waals surface area (Å²) in [5, 5.41) is 13.5. The van der Waals surface area contributed by atoms with Gasteiger partial charge in [0, 0.05) is 24.2 Å². The fraction of sp³-hybridized carbons (Fsp3) is 0.176. The number of rotatable bonds is 5. The van der Waals surface area contributed by atoms with E-state index in [-0.39, 0.29) is 36.4 Å². The number of nitrogens with zero attached hydrogens (tertiary/aromatic N) is 3. The lowest BCUT2D eigenvalue weighted by atomic mass is 10.1. The number of ketones is 1. The molecule has 0 saturated carbocycles. The number of amides is 2. The van der Waals surface area contributed by atoms with Crippen LogP contribution in [-0.4, -0.2) is 40.7 Å². The van der Waals surface area contributed by atoms with E-state index in [1.165, 1.54) is 25.1 Å². The first-order valence-corrected chi connectivity index (χ1v) is 7.84. The number of hydrogen-bond acceptors (Lipinski definition) is 7. The van der Waals surface area contributed by atoms with Gasteiger partial charge in [0.05, 0.1) is 6.54 Å². The highest BCUT2D eigenvalue weighted by Crippen LogP contribution is 2.32. The van der Waals surface area contributed by atoms with Crippen molar-refractivity contribution in [2.45, 2.75) is 6.92 Å². The van der Waals surface area contributed by atoms with Crippen molar-refractivity contribution < 1.29 is 24.0 Å². The Balaban J connectivity index is 1.83. The van der Waals surface area contributed by atoms with E-state index in [4.69, 9.17) is 4.74 Å². The fourth-order valence-electron chi connectivity index (χ4n) is 2.51. The van der Waals surface area contributed by atoms with Gasteiger partial charge in [-0.15, -0.1) is 0 Å². The van der Waals surface area contributed by atoms with E-state index >= 15 is 0 Å². The van der Waals surface area contributed by atoms with Crippen molar-refractivity contribution in [1.29, 1.82) is 0 Å². The number of Topliss-reactive ketones (excluding diaryl/α,β-unsaturated/α-hetero) is 1. The minimum absolute atomic E-state index is 0.0660. The predicted molar refractivity (Wildman–Crippen MR) is 93.8 cm³/mol. The zero-order chi connectivity index (χ0) is 19.6. The van der Waals surface area contributed by atoms with E-state index in [0.717, 1.165) is 11.0 Å². The third-order valence-electron chi connectivity index (χ3n) is 3.75. The van der Waals surface area contributed by atoms with E-state index < -0.39 is 16.6 Å². The molecule has 0 atom stereocenters. The van der Waals surface area contributed by atoms with Crippen molar-refractivity contribution in [3.8, 4) is 5.75 Å². The van der Waals surface area contributed by atoms with Crippen LogP contribution in [0.1, 0.15) is 17.3 Å². The lowest BCUT2D eigenvalue weighted by molar-refractivity contribution is -0.389. The summed E-state index contributed by atoms with van der Waals surface area (Å²) in [7, 11) is 0. The lowest BCUT2D eigenvalue weighted by Crippen LogP contribution is -2.42. The Labute approximate surface area is 152 Å². The smallest absolute Gasteiger partial charge is 0.366 e. The van der Waals surface area contributed by atoms with Crippen LogP contribution in [0.25, 0.3) is 0 Å². The second-order valence-electron chi connectivity index (χ2n) is 5.70. The molecular formula is C17H14N4O6. The molecule has 0 aliphatic carbocycles. The molecule has 2 amide bonds. The third-order valence-corrected chi connectivity index (χ3v) is 3.75. The first kappa shape index (κ1) is 18.0. The Morgan fingerprint density at radius 2 is 1.96 bits per heavy atom. The van der Waals surface area contributed by atoms with Gasteiger partial charge in [-0.05, 0) is 40.2 Å². The summed E-state index contributed by atoms with van der Waals surface area (Å²) in [6, 6.07) is 8.65. The van der Waals surface area contributed by atoms with E-state index in [1.54, 1.807) is 12.1 Å². The van der Waals surface area contributed by atoms with Crippen LogP contribution in [0, 0.1) is 10.1 Å². The number of benzene rings is 1. The number of anilines is 2. The number of aromatic nitrogens is 1. The topological polar surface area (TPSA) is 132 Å². The molecule has 0 fully saturated rings. The van der Waals surface area contributed by atoms with Crippen molar-refractivity contribution in [2.75, 3.05) is 23.4 Å². The molecule has 0 bridgehead atoms. The summed E-state index contributed by atoms with van der Waals surface area (Å²) in [6.45, 7) is 0.733. The number of carbonyl (C=O) groups is 3. The van der Waals surface area contributed by atoms with E-state index in [0.29, 0.717) is 11.3 Å².